The van der Waals surface area contributed by atoms with Crippen LogP contribution in [-0.4, -0.2) is 58.0 Å². The summed E-state index contributed by atoms with van der Waals surface area (Å²) in [4.78, 5) is 28.4. The third-order valence-electron chi connectivity index (χ3n) is 4.78. The number of halogens is 1. The predicted molar refractivity (Wildman–Crippen MR) is 88.8 cm³/mol. The van der Waals surface area contributed by atoms with Gasteiger partial charge in [-0.05, 0) is 43.2 Å². The maximum atomic E-state index is 13.0. The van der Waals surface area contributed by atoms with Crippen LogP contribution in [0.2, 0.25) is 0 Å². The topological polar surface area (TPSA) is 69.3 Å². The minimum Gasteiger partial charge on any atom is -0.335 e. The van der Waals surface area contributed by atoms with Crippen molar-refractivity contribution >= 4 is 11.8 Å². The zero-order chi connectivity index (χ0) is 17.4. The van der Waals surface area contributed by atoms with E-state index >= 15 is 0 Å². The number of benzene rings is 1. The van der Waals surface area contributed by atoms with Gasteiger partial charge in [-0.15, -0.1) is 0 Å². The molecular weight excluding hydrogens is 323 g/mol. The van der Waals surface area contributed by atoms with Crippen LogP contribution in [0.25, 0.3) is 0 Å². The number of carbonyl (C=O) groups excluding carboxylic acids is 2. The van der Waals surface area contributed by atoms with Crippen molar-refractivity contribution in [3.05, 3.63) is 53.1 Å². The molecule has 1 N–H and O–H groups in total. The predicted octanol–water partition coefficient (Wildman–Crippen LogP) is 2.02. The van der Waals surface area contributed by atoms with Crippen molar-refractivity contribution in [3.8, 4) is 0 Å². The molecule has 7 heteroatoms. The fourth-order valence-electron chi connectivity index (χ4n) is 3.10. The number of rotatable bonds is 3. The summed E-state index contributed by atoms with van der Waals surface area (Å²) in [5.74, 6) is -0.0734. The Morgan fingerprint density at radius 3 is 2.20 bits per heavy atom. The van der Waals surface area contributed by atoms with Crippen molar-refractivity contribution in [2.75, 3.05) is 26.2 Å². The average Bonchev–Trinajstić information content (AvgIpc) is 3.38. The highest BCUT2D eigenvalue weighted by atomic mass is 19.1. The van der Waals surface area contributed by atoms with Crippen LogP contribution in [0.4, 0.5) is 4.39 Å². The number of hydrogen-bond donors (Lipinski definition) is 1. The van der Waals surface area contributed by atoms with Crippen LogP contribution >= 0.6 is 0 Å². The first-order valence-corrected chi connectivity index (χ1v) is 8.51. The number of aromatic nitrogens is 2. The van der Waals surface area contributed by atoms with Crippen molar-refractivity contribution in [1.82, 2.24) is 20.0 Å². The average molecular weight is 342 g/mol. The van der Waals surface area contributed by atoms with Gasteiger partial charge in [-0.3, -0.25) is 14.7 Å². The van der Waals surface area contributed by atoms with E-state index in [0.717, 1.165) is 18.5 Å². The number of nitrogens with zero attached hydrogens (tertiary/aromatic N) is 3. The molecule has 2 amide bonds. The Balaban J connectivity index is 1.36. The van der Waals surface area contributed by atoms with Crippen LogP contribution in [0.5, 0.6) is 0 Å². The van der Waals surface area contributed by atoms with E-state index in [0.29, 0.717) is 43.4 Å². The summed E-state index contributed by atoms with van der Waals surface area (Å²) in [6.45, 7) is 1.86. The van der Waals surface area contributed by atoms with Gasteiger partial charge in [0.1, 0.15) is 11.5 Å². The lowest BCUT2D eigenvalue weighted by atomic mass is 10.1. The number of carbonyl (C=O) groups is 2. The van der Waals surface area contributed by atoms with E-state index in [4.69, 9.17) is 0 Å². The van der Waals surface area contributed by atoms with E-state index in [9.17, 15) is 14.0 Å². The van der Waals surface area contributed by atoms with Crippen molar-refractivity contribution < 1.29 is 14.0 Å². The van der Waals surface area contributed by atoms with Crippen molar-refractivity contribution in [3.63, 3.8) is 0 Å². The zero-order valence-electron chi connectivity index (χ0n) is 13.7. The second-order valence-electron chi connectivity index (χ2n) is 6.57. The van der Waals surface area contributed by atoms with E-state index in [1.54, 1.807) is 9.80 Å². The largest absolute Gasteiger partial charge is 0.335 e. The third kappa shape index (κ3) is 3.26. The van der Waals surface area contributed by atoms with Crippen LogP contribution in [0.15, 0.2) is 30.3 Å². The zero-order valence-corrected chi connectivity index (χ0v) is 13.7. The molecule has 6 nitrogen and oxygen atoms in total. The first-order valence-electron chi connectivity index (χ1n) is 8.51. The summed E-state index contributed by atoms with van der Waals surface area (Å²) in [7, 11) is 0. The summed E-state index contributed by atoms with van der Waals surface area (Å²) in [5.41, 5.74) is 1.94. The van der Waals surface area contributed by atoms with Crippen LogP contribution in [0.3, 0.4) is 0 Å². The molecular formula is C18H19FN4O2. The van der Waals surface area contributed by atoms with Gasteiger partial charge in [0.15, 0.2) is 0 Å². The molecule has 1 aromatic heterocycles. The highest BCUT2D eigenvalue weighted by molar-refractivity contribution is 5.95. The second-order valence-corrected chi connectivity index (χ2v) is 6.57. The molecule has 2 aliphatic rings. The molecule has 130 valence electrons. The number of piperazine rings is 1. The smallest absolute Gasteiger partial charge is 0.274 e. The summed E-state index contributed by atoms with van der Waals surface area (Å²) in [5, 5.41) is 7.08. The molecule has 1 saturated carbocycles. The molecule has 2 heterocycles. The Bertz CT molecular complexity index is 790. The van der Waals surface area contributed by atoms with Gasteiger partial charge >= 0.3 is 0 Å². The summed E-state index contributed by atoms with van der Waals surface area (Å²) in [6.07, 6.45) is 2.31. The summed E-state index contributed by atoms with van der Waals surface area (Å²) >= 11 is 0. The molecule has 2 aromatic rings. The van der Waals surface area contributed by atoms with Gasteiger partial charge in [0.25, 0.3) is 11.8 Å². The molecule has 1 aromatic carbocycles. The summed E-state index contributed by atoms with van der Waals surface area (Å²) in [6, 6.07) is 7.37. The van der Waals surface area contributed by atoms with Crippen molar-refractivity contribution in [1.29, 1.82) is 0 Å². The fraction of sp³-hybridized carbons (Fsp3) is 0.389. The number of amides is 2. The second kappa shape index (κ2) is 6.31. The van der Waals surface area contributed by atoms with Crippen LogP contribution in [0, 0.1) is 5.82 Å². The molecule has 25 heavy (non-hydrogen) atoms. The molecule has 2 fully saturated rings. The molecule has 0 atom stereocenters. The number of nitrogens with one attached hydrogen (secondary N) is 1. The van der Waals surface area contributed by atoms with Gasteiger partial charge < -0.3 is 9.80 Å². The van der Waals surface area contributed by atoms with E-state index in [1.807, 2.05) is 6.07 Å². The standard InChI is InChI=1S/C18H19FN4O2/c19-14-5-3-13(4-6-14)17(24)22-7-9-23(10-8-22)18(25)16-11-15(20-21-16)12-1-2-12/h3-6,11-12H,1-2,7-10H2,(H,20,21). The molecule has 4 rings (SSSR count). The molecule has 0 unspecified atom stereocenters. The van der Waals surface area contributed by atoms with Gasteiger partial charge in [0, 0.05) is 43.4 Å². The Morgan fingerprint density at radius 2 is 1.60 bits per heavy atom. The van der Waals surface area contributed by atoms with Gasteiger partial charge in [-0.25, -0.2) is 4.39 Å². The van der Waals surface area contributed by atoms with Crippen LogP contribution in [-0.2, 0) is 0 Å². The number of hydrogen-bond acceptors (Lipinski definition) is 3. The fourth-order valence-corrected chi connectivity index (χ4v) is 3.10. The summed E-state index contributed by atoms with van der Waals surface area (Å²) < 4.78 is 13.0. The highest BCUT2D eigenvalue weighted by Crippen LogP contribution is 2.39. The first kappa shape index (κ1) is 15.8. The molecule has 1 aliphatic heterocycles. The Kier molecular flexibility index (Phi) is 3.99. The quantitative estimate of drug-likeness (QED) is 0.928. The Labute approximate surface area is 144 Å². The van der Waals surface area contributed by atoms with Crippen molar-refractivity contribution in [2.24, 2.45) is 0 Å². The number of aromatic amines is 1. The maximum absolute atomic E-state index is 13.0. The lowest BCUT2D eigenvalue weighted by Gasteiger charge is -2.34. The van der Waals surface area contributed by atoms with Crippen molar-refractivity contribution in [2.45, 2.75) is 18.8 Å². The lowest BCUT2D eigenvalue weighted by molar-refractivity contribution is 0.0532. The van der Waals surface area contributed by atoms with E-state index in [2.05, 4.69) is 10.2 Å². The Hall–Kier alpha value is -2.70. The normalized spacial score (nSPS) is 17.6. The minimum absolute atomic E-state index is 0.1000. The molecule has 0 spiro atoms. The monoisotopic (exact) mass is 342 g/mol. The van der Waals surface area contributed by atoms with E-state index < -0.39 is 0 Å². The maximum Gasteiger partial charge on any atom is 0.274 e. The van der Waals surface area contributed by atoms with E-state index in [1.165, 1.54) is 24.3 Å². The lowest BCUT2D eigenvalue weighted by Crippen LogP contribution is -2.50. The molecule has 1 saturated heterocycles. The van der Waals surface area contributed by atoms with Gasteiger partial charge in [0.05, 0.1) is 0 Å². The SMILES string of the molecule is O=C(c1ccc(F)cc1)N1CCN(C(=O)c2cc(C3CC3)[nH]n2)CC1. The van der Waals surface area contributed by atoms with Crippen LogP contribution in [0.1, 0.15) is 45.3 Å². The van der Waals surface area contributed by atoms with Gasteiger partial charge in [-0.1, -0.05) is 0 Å². The molecule has 1 aliphatic carbocycles. The van der Waals surface area contributed by atoms with Gasteiger partial charge in [-0.2, -0.15) is 5.10 Å². The first-order chi connectivity index (χ1) is 12.1. The number of H-pyrrole nitrogens is 1. The highest BCUT2D eigenvalue weighted by Gasteiger charge is 2.29. The third-order valence-corrected chi connectivity index (χ3v) is 4.78. The Morgan fingerprint density at radius 1 is 1.00 bits per heavy atom. The molecule has 0 bridgehead atoms. The molecule has 0 radical (unpaired) electrons. The van der Waals surface area contributed by atoms with Gasteiger partial charge in [0.2, 0.25) is 0 Å². The van der Waals surface area contributed by atoms with Crippen LogP contribution < -0.4 is 0 Å². The van der Waals surface area contributed by atoms with E-state index in [-0.39, 0.29) is 17.6 Å². The minimum atomic E-state index is -0.364.